The smallest absolute Gasteiger partial charge is 0.351 e. The van der Waals surface area contributed by atoms with Crippen molar-refractivity contribution in [3.63, 3.8) is 0 Å². The largest absolute Gasteiger partial charge is 0.416 e. The number of hydrogen-bond acceptors (Lipinski definition) is 5. The van der Waals surface area contributed by atoms with Crippen LogP contribution in [0.4, 0.5) is 23.4 Å². The Kier molecular flexibility index (Phi) is 3.30. The Morgan fingerprint density at radius 2 is 1.88 bits per heavy atom. The van der Waals surface area contributed by atoms with Gasteiger partial charge in [-0.3, -0.25) is 0 Å². The summed E-state index contributed by atoms with van der Waals surface area (Å²) in [6, 6.07) is 1.30. The molecule has 0 spiro atoms. The maximum Gasteiger partial charge on any atom is 0.416 e. The number of nitrogens with one attached hydrogen (secondary N) is 1. The fourth-order valence-corrected chi connectivity index (χ4v) is 2.84. The lowest BCUT2D eigenvalue weighted by Crippen LogP contribution is -2.44. The van der Waals surface area contributed by atoms with Gasteiger partial charge in [0.2, 0.25) is 0 Å². The molecule has 126 valence electrons. The standard InChI is InChI=1S/C14H12F4N6/c15-9-5-8(14(16,17)18)6-10-11(9)22-13(12-20-7-21-24(10)12)23-3-1-19-2-4-23/h5-7,19H,1-4H2. The third-order valence-corrected chi connectivity index (χ3v) is 3.98. The van der Waals surface area contributed by atoms with Gasteiger partial charge in [-0.25, -0.2) is 18.9 Å². The Balaban J connectivity index is 2.00. The number of halogens is 4. The molecule has 1 fully saturated rings. The minimum absolute atomic E-state index is 0.0614. The van der Waals surface area contributed by atoms with Crippen molar-refractivity contribution in [1.29, 1.82) is 0 Å². The molecule has 24 heavy (non-hydrogen) atoms. The molecule has 1 N–H and O–H groups in total. The number of rotatable bonds is 1. The zero-order chi connectivity index (χ0) is 16.9. The third kappa shape index (κ3) is 2.33. The normalized spacial score (nSPS) is 16.2. The lowest BCUT2D eigenvalue weighted by atomic mass is 10.1. The van der Waals surface area contributed by atoms with Gasteiger partial charge in [0.05, 0.1) is 11.1 Å². The zero-order valence-electron chi connectivity index (χ0n) is 12.3. The molecule has 0 amide bonds. The van der Waals surface area contributed by atoms with Crippen LogP contribution in [0.5, 0.6) is 0 Å². The highest BCUT2D eigenvalue weighted by atomic mass is 19.4. The molecule has 1 aromatic carbocycles. The van der Waals surface area contributed by atoms with E-state index >= 15 is 0 Å². The van der Waals surface area contributed by atoms with Gasteiger partial charge in [-0.1, -0.05) is 0 Å². The summed E-state index contributed by atoms with van der Waals surface area (Å²) < 4.78 is 54.3. The lowest BCUT2D eigenvalue weighted by molar-refractivity contribution is -0.137. The second-order valence-electron chi connectivity index (χ2n) is 5.49. The predicted molar refractivity (Wildman–Crippen MR) is 78.3 cm³/mol. The van der Waals surface area contributed by atoms with Crippen molar-refractivity contribution in [3.05, 3.63) is 29.8 Å². The first-order chi connectivity index (χ1) is 11.4. The maximum atomic E-state index is 14.3. The van der Waals surface area contributed by atoms with E-state index < -0.39 is 17.6 Å². The number of nitrogens with zero attached hydrogens (tertiary/aromatic N) is 5. The summed E-state index contributed by atoms with van der Waals surface area (Å²) in [4.78, 5) is 10.3. The number of fused-ring (bicyclic) bond motifs is 3. The molecule has 2 aromatic heterocycles. The van der Waals surface area contributed by atoms with Crippen molar-refractivity contribution in [2.24, 2.45) is 0 Å². The van der Waals surface area contributed by atoms with E-state index in [1.807, 2.05) is 4.90 Å². The number of alkyl halides is 3. The van der Waals surface area contributed by atoms with E-state index in [4.69, 9.17) is 0 Å². The highest BCUT2D eigenvalue weighted by molar-refractivity contribution is 5.83. The molecule has 10 heteroatoms. The van der Waals surface area contributed by atoms with Gasteiger partial charge >= 0.3 is 6.18 Å². The minimum atomic E-state index is -4.65. The fourth-order valence-electron chi connectivity index (χ4n) is 2.84. The van der Waals surface area contributed by atoms with Gasteiger partial charge in [-0.2, -0.15) is 18.3 Å². The van der Waals surface area contributed by atoms with E-state index in [1.165, 1.54) is 10.8 Å². The van der Waals surface area contributed by atoms with Crippen LogP contribution in [0.3, 0.4) is 0 Å². The van der Waals surface area contributed by atoms with Crippen molar-refractivity contribution >= 4 is 22.5 Å². The van der Waals surface area contributed by atoms with E-state index in [0.29, 0.717) is 30.6 Å². The SMILES string of the molecule is Fc1cc(C(F)(F)F)cc2c1nc(N1CCNCC1)c1ncnn12. The first-order valence-electron chi connectivity index (χ1n) is 7.31. The molecule has 0 bridgehead atoms. The van der Waals surface area contributed by atoms with Crippen LogP contribution in [0.2, 0.25) is 0 Å². The highest BCUT2D eigenvalue weighted by Gasteiger charge is 2.32. The topological polar surface area (TPSA) is 58.4 Å². The molecule has 0 aliphatic carbocycles. The summed E-state index contributed by atoms with van der Waals surface area (Å²) >= 11 is 0. The maximum absolute atomic E-state index is 14.3. The van der Waals surface area contributed by atoms with Crippen molar-refractivity contribution < 1.29 is 17.6 Å². The quantitative estimate of drug-likeness (QED) is 0.685. The molecule has 3 aromatic rings. The first-order valence-corrected chi connectivity index (χ1v) is 7.31. The minimum Gasteiger partial charge on any atom is -0.351 e. The summed E-state index contributed by atoms with van der Waals surface area (Å²) in [7, 11) is 0. The van der Waals surface area contributed by atoms with Crippen LogP contribution in [0.15, 0.2) is 18.5 Å². The number of piperazine rings is 1. The highest BCUT2D eigenvalue weighted by Crippen LogP contribution is 2.33. The summed E-state index contributed by atoms with van der Waals surface area (Å²) in [6.07, 6.45) is -3.43. The Labute approximate surface area is 133 Å². The van der Waals surface area contributed by atoms with E-state index in [9.17, 15) is 17.6 Å². The first kappa shape index (κ1) is 15.1. The molecule has 3 heterocycles. The van der Waals surface area contributed by atoms with Gasteiger partial charge < -0.3 is 10.2 Å². The molecule has 4 rings (SSSR count). The monoisotopic (exact) mass is 340 g/mol. The summed E-state index contributed by atoms with van der Waals surface area (Å²) in [5.41, 5.74) is -0.993. The fraction of sp³-hybridized carbons (Fsp3) is 0.357. The Bertz CT molecular complexity index is 913. The second-order valence-corrected chi connectivity index (χ2v) is 5.49. The Hall–Kier alpha value is -2.49. The molecular formula is C14H12F4N6. The van der Waals surface area contributed by atoms with Gasteiger partial charge in [0.1, 0.15) is 11.8 Å². The van der Waals surface area contributed by atoms with Crippen molar-refractivity contribution in [1.82, 2.24) is 24.9 Å². The van der Waals surface area contributed by atoms with Crippen LogP contribution in [0.25, 0.3) is 16.7 Å². The van der Waals surface area contributed by atoms with Crippen LogP contribution < -0.4 is 10.2 Å². The molecule has 0 unspecified atom stereocenters. The second kappa shape index (κ2) is 5.26. The molecule has 6 nitrogen and oxygen atoms in total. The molecule has 0 atom stereocenters. The van der Waals surface area contributed by atoms with E-state index in [-0.39, 0.29) is 11.0 Å². The van der Waals surface area contributed by atoms with Crippen LogP contribution >= 0.6 is 0 Å². The zero-order valence-corrected chi connectivity index (χ0v) is 12.3. The number of benzene rings is 1. The summed E-state index contributed by atoms with van der Waals surface area (Å²) in [6.45, 7) is 2.75. The van der Waals surface area contributed by atoms with E-state index in [2.05, 4.69) is 20.4 Å². The molecule has 0 saturated carbocycles. The number of anilines is 1. The Morgan fingerprint density at radius 3 is 2.58 bits per heavy atom. The van der Waals surface area contributed by atoms with Gasteiger partial charge in [0, 0.05) is 26.2 Å². The van der Waals surface area contributed by atoms with Crippen molar-refractivity contribution in [3.8, 4) is 0 Å². The van der Waals surface area contributed by atoms with Gasteiger partial charge in [0.15, 0.2) is 17.3 Å². The van der Waals surface area contributed by atoms with Gasteiger partial charge in [-0.05, 0) is 12.1 Å². The molecule has 1 saturated heterocycles. The average molecular weight is 340 g/mol. The van der Waals surface area contributed by atoms with Crippen LogP contribution in [0.1, 0.15) is 5.56 Å². The summed E-state index contributed by atoms with van der Waals surface area (Å²) in [5.74, 6) is -0.617. The molecule has 1 aliphatic heterocycles. The predicted octanol–water partition coefficient (Wildman–Crippen LogP) is 1.85. The van der Waals surface area contributed by atoms with Crippen molar-refractivity contribution in [2.45, 2.75) is 6.18 Å². The molecule has 1 aliphatic rings. The van der Waals surface area contributed by atoms with Crippen molar-refractivity contribution in [2.75, 3.05) is 31.1 Å². The van der Waals surface area contributed by atoms with Crippen LogP contribution in [-0.4, -0.2) is 45.8 Å². The van der Waals surface area contributed by atoms with Crippen LogP contribution in [0, 0.1) is 5.82 Å². The van der Waals surface area contributed by atoms with Gasteiger partial charge in [-0.15, -0.1) is 0 Å². The number of hydrogen-bond donors (Lipinski definition) is 1. The molecule has 0 radical (unpaired) electrons. The number of aromatic nitrogens is 4. The third-order valence-electron chi connectivity index (χ3n) is 3.98. The van der Waals surface area contributed by atoms with Gasteiger partial charge in [0.25, 0.3) is 0 Å². The van der Waals surface area contributed by atoms with E-state index in [1.54, 1.807) is 0 Å². The average Bonchev–Trinajstić information content (AvgIpc) is 3.04. The lowest BCUT2D eigenvalue weighted by Gasteiger charge is -2.28. The Morgan fingerprint density at radius 1 is 1.12 bits per heavy atom. The van der Waals surface area contributed by atoms with E-state index in [0.717, 1.165) is 19.2 Å². The summed E-state index contributed by atoms with van der Waals surface area (Å²) in [5, 5.41) is 7.14. The molecular weight excluding hydrogens is 328 g/mol. The van der Waals surface area contributed by atoms with Crippen LogP contribution in [-0.2, 0) is 6.18 Å².